The van der Waals surface area contributed by atoms with Crippen LogP contribution >= 0.6 is 23.2 Å². The number of nitrogens with zero attached hydrogens (tertiary/aromatic N) is 3. The number of aliphatic hydroxyl groups is 1. The van der Waals surface area contributed by atoms with E-state index in [0.29, 0.717) is 19.3 Å². The number of nitro groups is 2. The van der Waals surface area contributed by atoms with Crippen molar-refractivity contribution in [3.8, 4) is 0 Å². The second-order valence-corrected chi connectivity index (χ2v) is 16.1. The average Bonchev–Trinajstić information content (AvgIpc) is 3.38. The number of hydrogen-bond donors (Lipinski definition) is 7. The molecule has 7 N–H and O–H groups in total. The number of carbonyl (C=O) groups excluding carboxylic acids is 1. The van der Waals surface area contributed by atoms with Crippen LogP contribution in [0.5, 0.6) is 0 Å². The summed E-state index contributed by atoms with van der Waals surface area (Å²) in [5.74, 6) is -0.565. The highest BCUT2D eigenvalue weighted by Crippen LogP contribution is 2.67. The molecular weight excluding hydrogens is 753 g/mol. The maximum absolute atomic E-state index is 12.3. The average molecular weight is 788 g/mol. The molecule has 284 valence electrons. The van der Waals surface area contributed by atoms with Gasteiger partial charge in [0.15, 0.2) is 0 Å². The number of aliphatic hydroxyl groups excluding tert-OH is 1. The highest BCUT2D eigenvalue weighted by atomic mass is 31.3. The van der Waals surface area contributed by atoms with Gasteiger partial charge in [-0.25, -0.2) is 18.2 Å². The maximum atomic E-state index is 12.3. The van der Waals surface area contributed by atoms with Crippen molar-refractivity contribution in [3.63, 3.8) is 0 Å². The molecule has 1 aliphatic rings. The molecule has 27 heteroatoms. The summed E-state index contributed by atoms with van der Waals surface area (Å²) in [7, 11) is -16.2. The number of amides is 1. The van der Waals surface area contributed by atoms with Gasteiger partial charge in [0.1, 0.15) is 18.0 Å². The fraction of sp³-hybridized carbons (Fsp3) is 0.542. The van der Waals surface area contributed by atoms with Crippen molar-refractivity contribution in [3.05, 3.63) is 71.0 Å². The summed E-state index contributed by atoms with van der Waals surface area (Å²) in [5, 5.41) is 37.3. The Bertz CT molecular complexity index is 1870. The number of aryl methyl sites for hydroxylation is 1. The smallest absolute Gasteiger partial charge is 0.390 e. The lowest BCUT2D eigenvalue weighted by Gasteiger charge is -2.20. The Hall–Kier alpha value is -3.66. The second kappa shape index (κ2) is 17.7. The van der Waals surface area contributed by atoms with Crippen molar-refractivity contribution in [1.82, 2.24) is 14.9 Å². The Balaban J connectivity index is 1.36. The van der Waals surface area contributed by atoms with Gasteiger partial charge < -0.3 is 35.2 Å². The molecule has 1 aromatic carbocycles. The largest absolute Gasteiger partial charge is 0.488 e. The molecule has 24 nitrogen and oxygen atoms in total. The lowest BCUT2D eigenvalue weighted by atomic mass is 10.2. The van der Waals surface area contributed by atoms with Gasteiger partial charge >= 0.3 is 28.9 Å². The zero-order valence-corrected chi connectivity index (χ0v) is 29.3. The van der Waals surface area contributed by atoms with Gasteiger partial charge in [0.2, 0.25) is 5.91 Å². The number of nitro benzene ring substituents is 2. The molecule has 6 atom stereocenters. The Morgan fingerprint density at radius 3 is 2.43 bits per heavy atom. The summed E-state index contributed by atoms with van der Waals surface area (Å²) in [5.41, 5.74) is -2.17. The zero-order chi connectivity index (χ0) is 38.1. The first kappa shape index (κ1) is 41.8. The molecule has 1 fully saturated rings. The summed E-state index contributed by atoms with van der Waals surface area (Å²) in [6.45, 7) is 0.236. The first-order valence-electron chi connectivity index (χ1n) is 14.8. The van der Waals surface area contributed by atoms with Gasteiger partial charge in [-0.2, -0.15) is 4.31 Å². The van der Waals surface area contributed by atoms with Crippen LogP contribution in [0.25, 0.3) is 0 Å². The van der Waals surface area contributed by atoms with Gasteiger partial charge in [0.25, 0.3) is 16.9 Å². The standard InChI is InChI=1S/C24H35N6O18P3/c1-15-13-28(24(34)27-23(15)33)22-12-19(31)20(46-22)14-45-50(41,42)48-51(43,44)47-49(39,40)10-9-26-21(32)5-3-2-4-8-25-17-7-6-16(29(35)36)11-18(17)30(37)38/h6-7,11,13,19-20,22,25,31H,2-5,8-10,12,14H2,1H3,(H,26,32)(H,39,40)(H,41,42)(H,43,44)(H,27,33,34)/t19-,20+,22+/m0/s1. The molecule has 3 rings (SSSR count). The molecular formula is C24H35N6O18P3. The number of phosphoric acid groups is 2. The number of benzene rings is 1. The number of carbonyl (C=O) groups is 1. The third kappa shape index (κ3) is 13.1. The molecule has 1 amide bonds. The minimum absolute atomic E-state index is 0.0394. The summed E-state index contributed by atoms with van der Waals surface area (Å²) >= 11 is 0. The van der Waals surface area contributed by atoms with E-state index in [1.165, 1.54) is 19.2 Å². The van der Waals surface area contributed by atoms with Crippen LogP contribution in [0.15, 0.2) is 34.0 Å². The lowest BCUT2D eigenvalue weighted by molar-refractivity contribution is -0.393. The molecule has 2 heterocycles. The predicted molar refractivity (Wildman–Crippen MR) is 173 cm³/mol. The Labute approximate surface area is 286 Å². The number of rotatable bonds is 20. The minimum Gasteiger partial charge on any atom is -0.390 e. The number of nitrogens with one attached hydrogen (secondary N) is 3. The number of phosphoric ester groups is 1. The molecule has 0 radical (unpaired) electrons. The van der Waals surface area contributed by atoms with Crippen LogP contribution < -0.4 is 21.9 Å². The molecule has 1 saturated heterocycles. The second-order valence-electron chi connectivity index (χ2n) is 11.0. The summed E-state index contributed by atoms with van der Waals surface area (Å²) in [6.07, 6.45) is -2.55. The van der Waals surface area contributed by atoms with Crippen molar-refractivity contribution in [2.45, 2.75) is 57.5 Å². The fourth-order valence-corrected chi connectivity index (χ4v) is 8.51. The molecule has 2 aromatic rings. The third-order valence-electron chi connectivity index (χ3n) is 7.00. The molecule has 0 spiro atoms. The van der Waals surface area contributed by atoms with Crippen LogP contribution in [-0.2, 0) is 36.4 Å². The van der Waals surface area contributed by atoms with E-state index >= 15 is 0 Å². The van der Waals surface area contributed by atoms with Crippen molar-refractivity contribution in [2.24, 2.45) is 0 Å². The normalized spacial score (nSPS) is 20.8. The van der Waals surface area contributed by atoms with Crippen molar-refractivity contribution in [1.29, 1.82) is 0 Å². The SMILES string of the molecule is Cc1cn([C@H]2C[C@H](O)[C@@H](COP(=O)(O)OP(=O)(O)OP(=O)(O)CCNC(=O)CCCCCNc3ccc([N+](=O)[O-])cc3[N+](=O)[O-])O2)c(=O)[nH]c1=O. The highest BCUT2D eigenvalue weighted by molar-refractivity contribution is 7.68. The van der Waals surface area contributed by atoms with E-state index < -0.39 is 99.4 Å². The third-order valence-corrected chi connectivity index (χ3v) is 11.8. The number of hydrogen-bond acceptors (Lipinski definition) is 16. The molecule has 0 bridgehead atoms. The predicted octanol–water partition coefficient (Wildman–Crippen LogP) is 1.53. The lowest BCUT2D eigenvalue weighted by Crippen LogP contribution is -2.33. The molecule has 1 aliphatic heterocycles. The number of non-ortho nitro benzene ring substituents is 1. The van der Waals surface area contributed by atoms with Gasteiger partial charge in [-0.3, -0.25) is 48.5 Å². The van der Waals surface area contributed by atoms with Crippen LogP contribution in [0.2, 0.25) is 0 Å². The van der Waals surface area contributed by atoms with E-state index in [1.807, 2.05) is 4.98 Å². The van der Waals surface area contributed by atoms with Crippen LogP contribution in [0.1, 0.15) is 43.9 Å². The zero-order valence-electron chi connectivity index (χ0n) is 26.6. The summed E-state index contributed by atoms with van der Waals surface area (Å²) in [6, 6.07) is 3.16. The van der Waals surface area contributed by atoms with Gasteiger partial charge in [-0.05, 0) is 25.8 Å². The van der Waals surface area contributed by atoms with Crippen LogP contribution in [-0.4, -0.2) is 83.2 Å². The quantitative estimate of drug-likeness (QED) is 0.0433. The number of ether oxygens (including phenoxy) is 1. The molecule has 51 heavy (non-hydrogen) atoms. The van der Waals surface area contributed by atoms with Gasteiger partial charge in [0.05, 0.1) is 34.8 Å². The number of aromatic nitrogens is 2. The van der Waals surface area contributed by atoms with Gasteiger partial charge in [-0.1, -0.05) is 6.42 Å². The van der Waals surface area contributed by atoms with Crippen LogP contribution in [0.4, 0.5) is 17.1 Å². The van der Waals surface area contributed by atoms with E-state index in [4.69, 9.17) is 4.74 Å². The number of aromatic amines is 1. The van der Waals surface area contributed by atoms with Crippen molar-refractivity contribution >= 4 is 46.2 Å². The maximum Gasteiger partial charge on any atom is 0.488 e. The van der Waals surface area contributed by atoms with E-state index in [9.17, 15) is 68.1 Å². The van der Waals surface area contributed by atoms with E-state index in [-0.39, 0.29) is 30.6 Å². The first-order chi connectivity index (χ1) is 23.7. The van der Waals surface area contributed by atoms with Crippen LogP contribution in [0.3, 0.4) is 0 Å². The van der Waals surface area contributed by atoms with E-state index in [0.717, 1.165) is 16.7 Å². The fourth-order valence-electron chi connectivity index (χ4n) is 4.54. The molecule has 0 saturated carbocycles. The minimum atomic E-state index is -5.74. The number of anilines is 1. The molecule has 0 aliphatic carbocycles. The topological polar surface area (TPSA) is 351 Å². The van der Waals surface area contributed by atoms with Crippen molar-refractivity contribution in [2.75, 3.05) is 31.2 Å². The van der Waals surface area contributed by atoms with Crippen LogP contribution in [0, 0.1) is 27.2 Å². The van der Waals surface area contributed by atoms with Gasteiger partial charge in [0, 0.05) is 43.8 Å². The summed E-state index contributed by atoms with van der Waals surface area (Å²) in [4.78, 5) is 87.9. The molecule has 3 unspecified atom stereocenters. The Kier molecular flexibility index (Phi) is 14.5. The Morgan fingerprint density at radius 1 is 1.06 bits per heavy atom. The molecule has 1 aromatic heterocycles. The highest BCUT2D eigenvalue weighted by Gasteiger charge is 2.43. The monoisotopic (exact) mass is 788 g/mol. The number of H-pyrrole nitrogens is 1. The number of unbranched alkanes of at least 4 members (excludes halogenated alkanes) is 2. The van der Waals surface area contributed by atoms with Crippen molar-refractivity contribution < 1.29 is 66.0 Å². The van der Waals surface area contributed by atoms with E-state index in [1.54, 1.807) is 0 Å². The summed E-state index contributed by atoms with van der Waals surface area (Å²) < 4.78 is 56.0. The van der Waals surface area contributed by atoms with Gasteiger partial charge in [-0.15, -0.1) is 0 Å². The Morgan fingerprint density at radius 2 is 1.76 bits per heavy atom. The van der Waals surface area contributed by atoms with E-state index in [2.05, 4.69) is 23.8 Å². The first-order valence-corrected chi connectivity index (χ1v) is 19.6.